The molecule has 2 heterocycles. The van der Waals surface area contributed by atoms with Crippen LogP contribution in [0.25, 0.3) is 0 Å². The summed E-state index contributed by atoms with van der Waals surface area (Å²) in [6.07, 6.45) is -0.209. The Hall–Kier alpha value is -3.59. The van der Waals surface area contributed by atoms with Crippen molar-refractivity contribution in [3.8, 4) is 11.5 Å². The van der Waals surface area contributed by atoms with E-state index in [0.29, 0.717) is 31.2 Å². The molecule has 2 aromatic carbocycles. The maximum atomic E-state index is 12.5. The van der Waals surface area contributed by atoms with Crippen molar-refractivity contribution in [2.24, 2.45) is 0 Å². The maximum absolute atomic E-state index is 12.5. The van der Waals surface area contributed by atoms with E-state index in [0.717, 1.165) is 11.1 Å². The zero-order valence-corrected chi connectivity index (χ0v) is 16.8. The zero-order chi connectivity index (χ0) is 21.6. The third-order valence-corrected chi connectivity index (χ3v) is 5.09. The Labute approximate surface area is 179 Å². The highest BCUT2D eigenvalue weighted by molar-refractivity contribution is 6.35. The molecule has 0 aliphatic carbocycles. The van der Waals surface area contributed by atoms with Gasteiger partial charge in [-0.05, 0) is 23.3 Å². The van der Waals surface area contributed by atoms with Crippen molar-refractivity contribution in [2.45, 2.75) is 12.6 Å². The molecule has 3 amide bonds. The second kappa shape index (κ2) is 9.48. The lowest BCUT2D eigenvalue weighted by Gasteiger charge is -2.33. The first kappa shape index (κ1) is 20.7. The Balaban J connectivity index is 1.22. The summed E-state index contributed by atoms with van der Waals surface area (Å²) in [4.78, 5) is 38.2. The number of fused-ring (bicyclic) bond motifs is 1. The van der Waals surface area contributed by atoms with Crippen LogP contribution in [0.15, 0.2) is 48.5 Å². The summed E-state index contributed by atoms with van der Waals surface area (Å²) in [6.45, 7) is 1.31. The Kier molecular flexibility index (Phi) is 6.32. The molecule has 31 heavy (non-hydrogen) atoms. The number of amides is 3. The van der Waals surface area contributed by atoms with Gasteiger partial charge in [0.2, 0.25) is 12.7 Å². The maximum Gasteiger partial charge on any atom is 0.309 e. The molecular weight excluding hydrogens is 402 g/mol. The van der Waals surface area contributed by atoms with Crippen LogP contribution in [-0.4, -0.2) is 55.7 Å². The van der Waals surface area contributed by atoms with Gasteiger partial charge in [0.15, 0.2) is 11.5 Å². The summed E-state index contributed by atoms with van der Waals surface area (Å²) in [5.74, 6) is -0.692. The number of hydrogen-bond acceptors (Lipinski definition) is 6. The van der Waals surface area contributed by atoms with Gasteiger partial charge in [0.05, 0.1) is 19.7 Å². The number of carbonyl (C=O) groups excluding carboxylic acids is 3. The number of carbonyl (C=O) groups is 3. The standard InChI is InChI=1S/C22H23N3O6/c26-20(25-8-9-29-19(13-25)16-4-2-1-3-5-16)12-24-22(28)21(27)23-11-15-6-7-17-18(10-15)31-14-30-17/h1-7,10,19H,8-9,11-14H2,(H,23,27)(H,24,28)/t19-/m0/s1. The lowest BCUT2D eigenvalue weighted by Crippen LogP contribution is -2.48. The second-order valence-corrected chi connectivity index (χ2v) is 7.16. The molecule has 4 rings (SSSR count). The van der Waals surface area contributed by atoms with Crippen LogP contribution in [0, 0.1) is 0 Å². The van der Waals surface area contributed by atoms with E-state index in [9.17, 15) is 14.4 Å². The molecule has 1 atom stereocenters. The van der Waals surface area contributed by atoms with Crippen LogP contribution in [0.2, 0.25) is 0 Å². The van der Waals surface area contributed by atoms with Crippen LogP contribution in [0.3, 0.4) is 0 Å². The first-order valence-corrected chi connectivity index (χ1v) is 9.99. The van der Waals surface area contributed by atoms with Crippen molar-refractivity contribution < 1.29 is 28.6 Å². The number of rotatable bonds is 5. The Bertz CT molecular complexity index is 965. The quantitative estimate of drug-likeness (QED) is 0.685. The van der Waals surface area contributed by atoms with E-state index in [1.807, 2.05) is 30.3 Å². The van der Waals surface area contributed by atoms with Gasteiger partial charge < -0.3 is 29.7 Å². The van der Waals surface area contributed by atoms with Gasteiger partial charge >= 0.3 is 11.8 Å². The molecule has 0 spiro atoms. The van der Waals surface area contributed by atoms with E-state index < -0.39 is 11.8 Å². The van der Waals surface area contributed by atoms with Crippen molar-refractivity contribution in [1.82, 2.24) is 15.5 Å². The molecule has 2 N–H and O–H groups in total. The van der Waals surface area contributed by atoms with Gasteiger partial charge in [-0.25, -0.2) is 0 Å². The zero-order valence-electron chi connectivity index (χ0n) is 16.8. The highest BCUT2D eigenvalue weighted by Gasteiger charge is 2.26. The fraction of sp³-hybridized carbons (Fsp3) is 0.318. The molecule has 162 valence electrons. The van der Waals surface area contributed by atoms with Gasteiger partial charge in [0, 0.05) is 13.1 Å². The lowest BCUT2D eigenvalue weighted by molar-refractivity contribution is -0.142. The summed E-state index contributed by atoms with van der Waals surface area (Å²) >= 11 is 0. The van der Waals surface area contributed by atoms with Crippen LogP contribution in [0.5, 0.6) is 11.5 Å². The predicted molar refractivity (Wildman–Crippen MR) is 109 cm³/mol. The van der Waals surface area contributed by atoms with Gasteiger partial charge in [-0.15, -0.1) is 0 Å². The third-order valence-electron chi connectivity index (χ3n) is 5.09. The molecule has 1 saturated heterocycles. The van der Waals surface area contributed by atoms with E-state index >= 15 is 0 Å². The fourth-order valence-electron chi connectivity index (χ4n) is 3.41. The van der Waals surface area contributed by atoms with Gasteiger partial charge in [0.1, 0.15) is 6.10 Å². The highest BCUT2D eigenvalue weighted by atomic mass is 16.7. The minimum absolute atomic E-state index is 0.152. The summed E-state index contributed by atoms with van der Waals surface area (Å²) in [7, 11) is 0. The van der Waals surface area contributed by atoms with E-state index in [2.05, 4.69) is 10.6 Å². The number of benzene rings is 2. The minimum Gasteiger partial charge on any atom is -0.454 e. The van der Waals surface area contributed by atoms with Crippen LogP contribution >= 0.6 is 0 Å². The molecule has 9 heteroatoms. The molecule has 9 nitrogen and oxygen atoms in total. The van der Waals surface area contributed by atoms with E-state index in [4.69, 9.17) is 14.2 Å². The molecule has 0 aromatic heterocycles. The average molecular weight is 425 g/mol. The lowest BCUT2D eigenvalue weighted by atomic mass is 10.1. The summed E-state index contributed by atoms with van der Waals surface area (Å²) in [6, 6.07) is 14.9. The summed E-state index contributed by atoms with van der Waals surface area (Å²) in [5.41, 5.74) is 1.76. The summed E-state index contributed by atoms with van der Waals surface area (Å²) in [5, 5.41) is 4.91. The monoisotopic (exact) mass is 425 g/mol. The third kappa shape index (κ3) is 5.13. The Morgan fingerprint density at radius 1 is 0.968 bits per heavy atom. The molecule has 2 aliphatic rings. The van der Waals surface area contributed by atoms with Gasteiger partial charge in [0.25, 0.3) is 0 Å². The van der Waals surface area contributed by atoms with E-state index in [1.165, 1.54) is 0 Å². The molecule has 2 aliphatic heterocycles. The Morgan fingerprint density at radius 3 is 2.58 bits per heavy atom. The minimum atomic E-state index is -0.859. The molecule has 2 aromatic rings. The fourth-order valence-corrected chi connectivity index (χ4v) is 3.41. The molecule has 0 unspecified atom stereocenters. The molecule has 0 radical (unpaired) electrons. The average Bonchev–Trinajstić information content (AvgIpc) is 3.29. The summed E-state index contributed by atoms with van der Waals surface area (Å²) < 4.78 is 16.3. The largest absolute Gasteiger partial charge is 0.454 e. The van der Waals surface area contributed by atoms with E-state index in [1.54, 1.807) is 23.1 Å². The number of hydrogen-bond donors (Lipinski definition) is 2. The molecular formula is C22H23N3O6. The normalized spacial score (nSPS) is 17.2. The highest BCUT2D eigenvalue weighted by Crippen LogP contribution is 2.32. The number of ether oxygens (including phenoxy) is 3. The first-order chi connectivity index (χ1) is 15.1. The molecule has 0 bridgehead atoms. The van der Waals surface area contributed by atoms with Crippen molar-refractivity contribution in [3.05, 3.63) is 59.7 Å². The molecule has 0 saturated carbocycles. The molecule has 1 fully saturated rings. The van der Waals surface area contributed by atoms with Crippen LogP contribution < -0.4 is 20.1 Å². The van der Waals surface area contributed by atoms with Crippen molar-refractivity contribution >= 4 is 17.7 Å². The van der Waals surface area contributed by atoms with Crippen LogP contribution in [0.4, 0.5) is 0 Å². The SMILES string of the molecule is O=C(NCC(=O)N1CCO[C@H](c2ccccc2)C1)C(=O)NCc1ccc2c(c1)OCO2. The van der Waals surface area contributed by atoms with Gasteiger partial charge in [-0.3, -0.25) is 14.4 Å². The topological polar surface area (TPSA) is 106 Å². The van der Waals surface area contributed by atoms with Gasteiger partial charge in [-0.1, -0.05) is 36.4 Å². The Morgan fingerprint density at radius 2 is 1.74 bits per heavy atom. The first-order valence-electron chi connectivity index (χ1n) is 9.99. The van der Waals surface area contributed by atoms with Crippen LogP contribution in [-0.2, 0) is 25.7 Å². The van der Waals surface area contributed by atoms with Crippen molar-refractivity contribution in [1.29, 1.82) is 0 Å². The van der Waals surface area contributed by atoms with Crippen LogP contribution in [0.1, 0.15) is 17.2 Å². The smallest absolute Gasteiger partial charge is 0.309 e. The van der Waals surface area contributed by atoms with Gasteiger partial charge in [-0.2, -0.15) is 0 Å². The van der Waals surface area contributed by atoms with Crippen molar-refractivity contribution in [3.63, 3.8) is 0 Å². The predicted octanol–water partition coefficient (Wildman–Crippen LogP) is 0.748. The number of nitrogens with one attached hydrogen (secondary N) is 2. The van der Waals surface area contributed by atoms with Crippen molar-refractivity contribution in [2.75, 3.05) is 33.0 Å². The number of nitrogens with zero attached hydrogens (tertiary/aromatic N) is 1. The van der Waals surface area contributed by atoms with E-state index in [-0.39, 0.29) is 31.9 Å². The number of morpholine rings is 1. The second-order valence-electron chi connectivity index (χ2n) is 7.16.